The van der Waals surface area contributed by atoms with E-state index >= 15 is 0 Å². The maximum Gasteiger partial charge on any atom is 0.0985 e. The second-order valence-electron chi connectivity index (χ2n) is 13.5. The second-order valence-corrected chi connectivity index (χ2v) is 13.5. The summed E-state index contributed by atoms with van der Waals surface area (Å²) in [4.78, 5) is 16.4. The zero-order valence-electron chi connectivity index (χ0n) is 28.1. The number of hydrogen-bond donors (Lipinski definition) is 0. The van der Waals surface area contributed by atoms with E-state index < -0.39 is 0 Å². The van der Waals surface area contributed by atoms with Gasteiger partial charge < -0.3 is 0 Å². The van der Waals surface area contributed by atoms with Crippen LogP contribution in [0, 0.1) is 0 Å². The molecule has 8 aromatic carbocycles. The smallest absolute Gasteiger partial charge is 0.0985 e. The molecule has 0 saturated carbocycles. The van der Waals surface area contributed by atoms with Gasteiger partial charge in [-0.25, -0.2) is 15.0 Å². The predicted octanol–water partition coefficient (Wildman–Crippen LogP) is 12.9. The first-order valence-corrected chi connectivity index (χ1v) is 17.7. The molecule has 0 amide bonds. The molecule has 0 aliphatic carbocycles. The zero-order chi connectivity index (χ0) is 34.2. The fraction of sp³-hybridized carbons (Fsp3) is 0. The van der Waals surface area contributed by atoms with Crippen LogP contribution < -0.4 is 0 Å². The molecule has 0 bridgehead atoms. The lowest BCUT2D eigenvalue weighted by atomic mass is 9.86. The standard InChI is InChI=1S/C49H29N3/c1-2-13-31(14-3-1)44-37-17-6-8-19-39(37)45(40-20-9-7-18-38(40)44)49-48-41(36-16-10-11-21-43(36)51-49)29-35-25-23-32-26-27-42(50-46(32)47(35)52-48)34-24-22-30-12-4-5-15-33(30)28-34/h1-29H. The van der Waals surface area contributed by atoms with Crippen LogP contribution in [0.3, 0.4) is 0 Å². The van der Waals surface area contributed by atoms with E-state index in [9.17, 15) is 0 Å². The van der Waals surface area contributed by atoms with Crippen LogP contribution in [-0.4, -0.2) is 15.0 Å². The number of aromatic nitrogens is 3. The highest BCUT2D eigenvalue weighted by Crippen LogP contribution is 2.45. The third-order valence-electron chi connectivity index (χ3n) is 10.6. The third-order valence-corrected chi connectivity index (χ3v) is 10.6. The Balaban J connectivity index is 1.25. The van der Waals surface area contributed by atoms with Gasteiger partial charge in [0, 0.05) is 32.7 Å². The Morgan fingerprint density at radius 1 is 0.288 bits per heavy atom. The first-order valence-electron chi connectivity index (χ1n) is 17.7. The Hall–Kier alpha value is -6.97. The van der Waals surface area contributed by atoms with E-state index in [0.717, 1.165) is 76.9 Å². The molecule has 0 spiro atoms. The van der Waals surface area contributed by atoms with E-state index in [1.807, 2.05) is 0 Å². The van der Waals surface area contributed by atoms with E-state index in [1.165, 1.54) is 32.7 Å². The molecule has 52 heavy (non-hydrogen) atoms. The monoisotopic (exact) mass is 659 g/mol. The molecular weight excluding hydrogens is 631 g/mol. The molecule has 0 aliphatic rings. The van der Waals surface area contributed by atoms with Crippen LogP contribution in [0.2, 0.25) is 0 Å². The summed E-state index contributed by atoms with van der Waals surface area (Å²) in [5.41, 5.74) is 10.0. The molecule has 0 saturated heterocycles. The van der Waals surface area contributed by atoms with Crippen molar-refractivity contribution in [3.05, 3.63) is 176 Å². The van der Waals surface area contributed by atoms with Gasteiger partial charge in [0.1, 0.15) is 0 Å². The van der Waals surface area contributed by atoms with Gasteiger partial charge in [-0.15, -0.1) is 0 Å². The van der Waals surface area contributed by atoms with Gasteiger partial charge in [-0.3, -0.25) is 0 Å². The van der Waals surface area contributed by atoms with Crippen LogP contribution >= 0.6 is 0 Å². The van der Waals surface area contributed by atoms with Crippen molar-refractivity contribution in [2.24, 2.45) is 0 Å². The number of benzene rings is 8. The highest BCUT2D eigenvalue weighted by Gasteiger charge is 2.21. The Morgan fingerprint density at radius 2 is 0.865 bits per heavy atom. The first-order chi connectivity index (χ1) is 25.8. The number of pyridine rings is 3. The Labute approximate surface area is 299 Å². The Bertz CT molecular complexity index is 3180. The van der Waals surface area contributed by atoms with Crippen molar-refractivity contribution < 1.29 is 0 Å². The molecule has 0 atom stereocenters. The second kappa shape index (κ2) is 11.3. The van der Waals surface area contributed by atoms with E-state index in [0.29, 0.717) is 0 Å². The topological polar surface area (TPSA) is 38.7 Å². The van der Waals surface area contributed by atoms with Crippen LogP contribution in [-0.2, 0) is 0 Å². The molecule has 0 radical (unpaired) electrons. The number of hydrogen-bond acceptors (Lipinski definition) is 3. The maximum atomic E-state index is 5.59. The first kappa shape index (κ1) is 28.8. The lowest BCUT2D eigenvalue weighted by molar-refractivity contribution is 1.38. The predicted molar refractivity (Wildman–Crippen MR) is 219 cm³/mol. The normalized spacial score (nSPS) is 11.8. The fourth-order valence-electron chi connectivity index (χ4n) is 8.16. The average molecular weight is 660 g/mol. The van der Waals surface area contributed by atoms with Gasteiger partial charge >= 0.3 is 0 Å². The molecular formula is C49H29N3. The molecule has 3 heteroatoms. The number of nitrogens with zero attached hydrogens (tertiary/aromatic N) is 3. The molecule has 3 nitrogen and oxygen atoms in total. The lowest BCUT2D eigenvalue weighted by Crippen LogP contribution is -1.97. The van der Waals surface area contributed by atoms with Gasteiger partial charge in [0.2, 0.25) is 0 Å². The molecule has 3 heterocycles. The molecule has 11 aromatic rings. The van der Waals surface area contributed by atoms with E-state index in [1.54, 1.807) is 0 Å². The van der Waals surface area contributed by atoms with Crippen molar-refractivity contribution >= 4 is 75.9 Å². The number of para-hydroxylation sites is 1. The summed E-state index contributed by atoms with van der Waals surface area (Å²) in [7, 11) is 0. The van der Waals surface area contributed by atoms with E-state index in [-0.39, 0.29) is 0 Å². The average Bonchev–Trinajstić information content (AvgIpc) is 3.22. The Kier molecular flexibility index (Phi) is 6.25. The van der Waals surface area contributed by atoms with Gasteiger partial charge in [0.05, 0.1) is 33.5 Å². The lowest BCUT2D eigenvalue weighted by Gasteiger charge is -2.19. The van der Waals surface area contributed by atoms with Gasteiger partial charge in [-0.2, -0.15) is 0 Å². The molecule has 3 aromatic heterocycles. The summed E-state index contributed by atoms with van der Waals surface area (Å²) < 4.78 is 0. The van der Waals surface area contributed by atoms with Crippen LogP contribution in [0.25, 0.3) is 110 Å². The van der Waals surface area contributed by atoms with Gasteiger partial charge in [0.15, 0.2) is 0 Å². The maximum absolute atomic E-state index is 5.59. The highest BCUT2D eigenvalue weighted by atomic mass is 14.8. The summed E-state index contributed by atoms with van der Waals surface area (Å²) in [6, 6.07) is 62.6. The van der Waals surface area contributed by atoms with Crippen molar-refractivity contribution in [2.75, 3.05) is 0 Å². The summed E-state index contributed by atoms with van der Waals surface area (Å²) in [6.07, 6.45) is 0. The van der Waals surface area contributed by atoms with Crippen molar-refractivity contribution in [1.29, 1.82) is 0 Å². The number of fused-ring (bicyclic) bond motifs is 9. The fourth-order valence-corrected chi connectivity index (χ4v) is 8.16. The summed E-state index contributed by atoms with van der Waals surface area (Å²) in [5, 5.41) is 11.4. The largest absolute Gasteiger partial charge is 0.245 e. The van der Waals surface area contributed by atoms with Crippen LogP contribution in [0.1, 0.15) is 0 Å². The summed E-state index contributed by atoms with van der Waals surface area (Å²) in [5.74, 6) is 0. The molecule has 0 unspecified atom stereocenters. The molecule has 0 aliphatic heterocycles. The van der Waals surface area contributed by atoms with Crippen molar-refractivity contribution in [1.82, 2.24) is 15.0 Å². The minimum Gasteiger partial charge on any atom is -0.245 e. The minimum absolute atomic E-state index is 0.874. The van der Waals surface area contributed by atoms with Crippen LogP contribution in [0.4, 0.5) is 0 Å². The third kappa shape index (κ3) is 4.36. The highest BCUT2D eigenvalue weighted by molar-refractivity contribution is 6.25. The molecule has 11 rings (SSSR count). The summed E-state index contributed by atoms with van der Waals surface area (Å²) >= 11 is 0. The van der Waals surface area contributed by atoms with Gasteiger partial charge in [0.25, 0.3) is 0 Å². The van der Waals surface area contributed by atoms with Crippen molar-refractivity contribution in [3.63, 3.8) is 0 Å². The van der Waals surface area contributed by atoms with Crippen molar-refractivity contribution in [2.45, 2.75) is 0 Å². The van der Waals surface area contributed by atoms with Crippen molar-refractivity contribution in [3.8, 4) is 33.6 Å². The SMILES string of the molecule is c1ccc(-c2c3ccccc3c(-c3nc4ccccc4c4cc5ccc6ccc(-c7ccc8ccccc8c7)nc6c5nc34)c3ccccc23)cc1. The minimum atomic E-state index is 0.874. The molecule has 240 valence electrons. The molecule has 0 fully saturated rings. The zero-order valence-corrected chi connectivity index (χ0v) is 28.1. The van der Waals surface area contributed by atoms with Gasteiger partial charge in [-0.1, -0.05) is 152 Å². The van der Waals surface area contributed by atoms with E-state index in [4.69, 9.17) is 15.0 Å². The van der Waals surface area contributed by atoms with E-state index in [2.05, 4.69) is 176 Å². The van der Waals surface area contributed by atoms with Crippen LogP contribution in [0.15, 0.2) is 176 Å². The quantitative estimate of drug-likeness (QED) is 0.140. The molecule has 0 N–H and O–H groups in total. The van der Waals surface area contributed by atoms with Gasteiger partial charge in [-0.05, 0) is 67.7 Å². The Morgan fingerprint density at radius 3 is 1.63 bits per heavy atom. The van der Waals surface area contributed by atoms with Crippen LogP contribution in [0.5, 0.6) is 0 Å². The number of rotatable bonds is 3. The summed E-state index contributed by atoms with van der Waals surface area (Å²) in [6.45, 7) is 0.